The van der Waals surface area contributed by atoms with Crippen LogP contribution in [0.4, 0.5) is 0 Å². The van der Waals surface area contributed by atoms with Crippen molar-refractivity contribution in [3.63, 3.8) is 0 Å². The molecule has 0 spiro atoms. The molecular formula is C27H51N3O9. The Morgan fingerprint density at radius 2 is 1.79 bits per heavy atom. The lowest BCUT2D eigenvalue weighted by atomic mass is 9.81. The molecule has 0 aromatic heterocycles. The Morgan fingerprint density at radius 3 is 2.36 bits per heavy atom. The zero-order valence-corrected chi connectivity index (χ0v) is 24.0. The number of rotatable bonds is 12. The molecule has 0 aromatic carbocycles. The number of hydrogen-bond donors (Lipinski definition) is 8. The van der Waals surface area contributed by atoms with Gasteiger partial charge >= 0.3 is 0 Å². The van der Waals surface area contributed by atoms with Crippen molar-refractivity contribution in [2.75, 3.05) is 6.54 Å². The normalized spacial score (nSPS) is 38.2. The largest absolute Gasteiger partial charge is 0.393 e. The lowest BCUT2D eigenvalue weighted by Crippen LogP contribution is -2.62. The van der Waals surface area contributed by atoms with Crippen molar-refractivity contribution < 1.29 is 44.5 Å². The first-order valence-electron chi connectivity index (χ1n) is 13.9. The average molecular weight is 562 g/mol. The monoisotopic (exact) mass is 561 g/mol. The summed E-state index contributed by atoms with van der Waals surface area (Å²) in [4.78, 5) is 13.2. The van der Waals surface area contributed by atoms with Gasteiger partial charge in [0.15, 0.2) is 12.1 Å². The molecule has 228 valence electrons. The van der Waals surface area contributed by atoms with Gasteiger partial charge in [-0.2, -0.15) is 0 Å². The highest BCUT2D eigenvalue weighted by molar-refractivity contribution is 5.80. The highest BCUT2D eigenvalue weighted by Gasteiger charge is 2.50. The predicted octanol–water partition coefficient (Wildman–Crippen LogP) is -0.907. The first kappa shape index (κ1) is 34.0. The fourth-order valence-electron chi connectivity index (χ4n) is 4.82. The van der Waals surface area contributed by atoms with Gasteiger partial charge in [0, 0.05) is 31.8 Å². The molecule has 0 aliphatic carbocycles. The summed E-state index contributed by atoms with van der Waals surface area (Å²) in [5.41, 5.74) is 11.8. The van der Waals surface area contributed by atoms with Gasteiger partial charge < -0.3 is 56.5 Å². The summed E-state index contributed by atoms with van der Waals surface area (Å²) in [5.74, 6) is -3.48. The fraction of sp³-hybridized carbons (Fsp3) is 0.889. The van der Waals surface area contributed by atoms with Crippen LogP contribution in [0.1, 0.15) is 60.8 Å². The third kappa shape index (κ3) is 9.70. The first-order chi connectivity index (χ1) is 18.0. The number of aliphatic hydroxyl groups is 5. The Kier molecular flexibility index (Phi) is 12.8. The maximum absolute atomic E-state index is 13.2. The van der Waals surface area contributed by atoms with Crippen molar-refractivity contribution in [1.82, 2.24) is 5.32 Å². The number of aliphatic hydroxyl groups excluding tert-OH is 4. The van der Waals surface area contributed by atoms with Crippen LogP contribution in [0.5, 0.6) is 0 Å². The molecule has 2 saturated heterocycles. The van der Waals surface area contributed by atoms with Crippen LogP contribution in [0.25, 0.3) is 0 Å². The summed E-state index contributed by atoms with van der Waals surface area (Å²) >= 11 is 0. The SMILES string of the molecule is CC(C)/C=C/[C@@H](C[C@@H]1O[C@](O)(C[C@@H](O)C(C)C)C[C@H](O)[C@H]1C(=O)NC[C@H](C)N)OC1OC(C)C(O)C(N)C1O. The highest BCUT2D eigenvalue weighted by Crippen LogP contribution is 2.38. The Balaban J connectivity index is 2.36. The van der Waals surface area contributed by atoms with Crippen LogP contribution in [0.2, 0.25) is 0 Å². The Labute approximate surface area is 231 Å². The van der Waals surface area contributed by atoms with Gasteiger partial charge in [0.05, 0.1) is 48.6 Å². The molecule has 2 fully saturated rings. The third-order valence-corrected chi connectivity index (χ3v) is 7.29. The fourth-order valence-corrected chi connectivity index (χ4v) is 4.82. The number of ether oxygens (including phenoxy) is 3. The van der Waals surface area contributed by atoms with Crippen LogP contribution < -0.4 is 16.8 Å². The van der Waals surface area contributed by atoms with E-state index < -0.39 is 72.7 Å². The maximum atomic E-state index is 13.2. The van der Waals surface area contributed by atoms with E-state index in [0.29, 0.717) is 0 Å². The zero-order chi connectivity index (χ0) is 29.7. The van der Waals surface area contributed by atoms with E-state index >= 15 is 0 Å². The predicted molar refractivity (Wildman–Crippen MR) is 144 cm³/mol. The van der Waals surface area contributed by atoms with E-state index in [0.717, 1.165) is 0 Å². The zero-order valence-electron chi connectivity index (χ0n) is 24.0. The lowest BCUT2D eigenvalue weighted by molar-refractivity contribution is -0.307. The van der Waals surface area contributed by atoms with E-state index in [1.807, 2.05) is 19.9 Å². The van der Waals surface area contributed by atoms with Gasteiger partial charge in [-0.25, -0.2) is 0 Å². The van der Waals surface area contributed by atoms with Crippen LogP contribution >= 0.6 is 0 Å². The molecule has 0 bridgehead atoms. The van der Waals surface area contributed by atoms with Gasteiger partial charge in [0.25, 0.3) is 0 Å². The van der Waals surface area contributed by atoms with Crippen molar-refractivity contribution in [2.24, 2.45) is 29.2 Å². The Bertz CT molecular complexity index is 798. The summed E-state index contributed by atoms with van der Waals surface area (Å²) in [6.45, 7) is 11.1. The van der Waals surface area contributed by atoms with Crippen molar-refractivity contribution in [3.05, 3.63) is 12.2 Å². The van der Waals surface area contributed by atoms with Crippen molar-refractivity contribution in [1.29, 1.82) is 0 Å². The highest BCUT2D eigenvalue weighted by atomic mass is 16.7. The number of amides is 1. The number of hydrogen-bond acceptors (Lipinski definition) is 11. The molecule has 2 aliphatic heterocycles. The average Bonchev–Trinajstić information content (AvgIpc) is 2.82. The van der Waals surface area contributed by atoms with Crippen LogP contribution in [0.15, 0.2) is 12.2 Å². The van der Waals surface area contributed by atoms with Crippen molar-refractivity contribution in [3.8, 4) is 0 Å². The second-order valence-corrected chi connectivity index (χ2v) is 11.9. The molecule has 12 nitrogen and oxygen atoms in total. The number of nitrogens with one attached hydrogen (secondary N) is 1. The first-order valence-corrected chi connectivity index (χ1v) is 13.9. The molecule has 2 heterocycles. The molecule has 12 heteroatoms. The van der Waals surface area contributed by atoms with Crippen LogP contribution in [-0.2, 0) is 19.0 Å². The van der Waals surface area contributed by atoms with Crippen LogP contribution in [-0.4, -0.2) is 105 Å². The molecule has 12 atom stereocenters. The van der Waals surface area contributed by atoms with Gasteiger partial charge in [-0.1, -0.05) is 39.8 Å². The van der Waals surface area contributed by atoms with Crippen LogP contribution in [0.3, 0.4) is 0 Å². The molecule has 0 aromatic rings. The minimum atomic E-state index is -1.89. The molecule has 0 radical (unpaired) electrons. The van der Waals surface area contributed by atoms with E-state index in [9.17, 15) is 30.3 Å². The number of allylic oxidation sites excluding steroid dienone is 1. The summed E-state index contributed by atoms with van der Waals surface area (Å²) in [6, 6.07) is -1.32. The number of nitrogens with two attached hydrogens (primary N) is 2. The summed E-state index contributed by atoms with van der Waals surface area (Å²) < 4.78 is 17.9. The Hall–Kier alpha value is -1.19. The lowest BCUT2D eigenvalue weighted by Gasteiger charge is -2.46. The second kappa shape index (κ2) is 14.6. The summed E-state index contributed by atoms with van der Waals surface area (Å²) in [6.07, 6.45) is -5.12. The van der Waals surface area contributed by atoms with Crippen molar-refractivity contribution in [2.45, 2.75) is 128 Å². The van der Waals surface area contributed by atoms with Gasteiger partial charge in [-0.3, -0.25) is 4.79 Å². The standard InChI is InChI=1S/C27H51N3O9/c1-13(2)7-8-17(38-26-24(34)22(29)23(33)16(6)37-26)9-20-21(25(35)30-12-15(5)28)19(32)11-27(36,39-20)10-18(31)14(3)4/h7-8,13-24,26,31-34,36H,9-12,28-29H2,1-6H3,(H,30,35)/b8-7+/t15-,16?,17-,18+,19-,20-,21+,22?,23?,24?,26?,27+/m0/s1. The molecule has 2 rings (SSSR count). The Morgan fingerprint density at radius 1 is 1.15 bits per heavy atom. The van der Waals surface area contributed by atoms with Gasteiger partial charge in [-0.15, -0.1) is 0 Å². The third-order valence-electron chi connectivity index (χ3n) is 7.29. The summed E-state index contributed by atoms with van der Waals surface area (Å²) in [7, 11) is 0. The minimum absolute atomic E-state index is 0.00458. The maximum Gasteiger partial charge on any atom is 0.228 e. The number of carbonyl (C=O) groups is 1. The van der Waals surface area contributed by atoms with E-state index in [1.165, 1.54) is 0 Å². The second-order valence-electron chi connectivity index (χ2n) is 11.9. The van der Waals surface area contributed by atoms with Crippen LogP contribution in [0, 0.1) is 17.8 Å². The summed E-state index contributed by atoms with van der Waals surface area (Å²) in [5, 5.41) is 56.3. The topological polar surface area (TPSA) is 210 Å². The van der Waals surface area contributed by atoms with Gasteiger partial charge in [0.2, 0.25) is 5.91 Å². The molecule has 0 saturated carbocycles. The van der Waals surface area contributed by atoms with E-state index in [1.54, 1.807) is 33.8 Å². The van der Waals surface area contributed by atoms with Gasteiger partial charge in [-0.05, 0) is 25.7 Å². The molecule has 5 unspecified atom stereocenters. The van der Waals surface area contributed by atoms with Gasteiger partial charge in [0.1, 0.15) is 6.10 Å². The smallest absolute Gasteiger partial charge is 0.228 e. The quantitative estimate of drug-likeness (QED) is 0.137. The minimum Gasteiger partial charge on any atom is -0.393 e. The molecule has 10 N–H and O–H groups in total. The van der Waals surface area contributed by atoms with E-state index in [4.69, 9.17) is 25.7 Å². The molecule has 1 amide bonds. The van der Waals surface area contributed by atoms with E-state index in [-0.39, 0.29) is 43.7 Å². The molecular weight excluding hydrogens is 510 g/mol. The van der Waals surface area contributed by atoms with E-state index in [2.05, 4.69) is 5.32 Å². The molecule has 2 aliphatic rings. The van der Waals surface area contributed by atoms with Crippen molar-refractivity contribution >= 4 is 5.91 Å². The number of carbonyl (C=O) groups excluding carboxylic acids is 1. The molecule has 39 heavy (non-hydrogen) atoms.